The Morgan fingerprint density at radius 3 is 2.50 bits per heavy atom. The molecule has 2 heteroatoms. The van der Waals surface area contributed by atoms with Crippen molar-refractivity contribution in [1.29, 1.82) is 0 Å². The van der Waals surface area contributed by atoms with Gasteiger partial charge in [0.1, 0.15) is 0 Å². The van der Waals surface area contributed by atoms with E-state index in [9.17, 15) is 5.11 Å². The summed E-state index contributed by atoms with van der Waals surface area (Å²) in [5.41, 5.74) is 2.67. The molecule has 5 aliphatic rings. The Labute approximate surface area is 198 Å². The van der Waals surface area contributed by atoms with E-state index >= 15 is 0 Å². The Bertz CT molecular complexity index is 704. The van der Waals surface area contributed by atoms with Crippen molar-refractivity contribution in [3.8, 4) is 0 Å². The first-order valence-electron chi connectivity index (χ1n) is 14.3. The summed E-state index contributed by atoms with van der Waals surface area (Å²) in [6.07, 6.45) is 20.6. The minimum absolute atomic E-state index is 0.0890. The molecule has 0 aromatic rings. The lowest BCUT2D eigenvalue weighted by Crippen LogP contribution is -2.50. The fourth-order valence-electron chi connectivity index (χ4n) is 9.67. The van der Waals surface area contributed by atoms with Gasteiger partial charge < -0.3 is 9.84 Å². The molecule has 0 saturated heterocycles. The van der Waals surface area contributed by atoms with E-state index in [0.29, 0.717) is 16.7 Å². The van der Waals surface area contributed by atoms with Crippen molar-refractivity contribution in [2.24, 2.45) is 40.4 Å². The molecule has 0 bridgehead atoms. The summed E-state index contributed by atoms with van der Waals surface area (Å²) in [5.74, 6) is 4.13. The third-order valence-corrected chi connectivity index (χ3v) is 11.9. The number of aliphatic hydroxyl groups excluding tert-OH is 1. The molecule has 5 rings (SSSR count). The van der Waals surface area contributed by atoms with Gasteiger partial charge in [0.25, 0.3) is 0 Å². The van der Waals surface area contributed by atoms with E-state index in [-0.39, 0.29) is 11.7 Å². The molecule has 0 heterocycles. The minimum atomic E-state index is -0.0890. The van der Waals surface area contributed by atoms with Gasteiger partial charge in [0.05, 0.1) is 11.7 Å². The normalized spacial score (nSPS) is 45.7. The zero-order valence-electron chi connectivity index (χ0n) is 21.5. The summed E-state index contributed by atoms with van der Waals surface area (Å²) in [5, 5.41) is 10.3. The average molecular weight is 443 g/mol. The second-order valence-corrected chi connectivity index (χ2v) is 13.4. The van der Waals surface area contributed by atoms with Crippen molar-refractivity contribution in [3.63, 3.8) is 0 Å². The van der Waals surface area contributed by atoms with Gasteiger partial charge in [-0.25, -0.2) is 0 Å². The third-order valence-electron chi connectivity index (χ3n) is 11.9. The zero-order chi connectivity index (χ0) is 22.6. The van der Waals surface area contributed by atoms with Crippen molar-refractivity contribution in [2.45, 2.75) is 129 Å². The highest BCUT2D eigenvalue weighted by atomic mass is 16.5. The number of hydrogen-bond acceptors (Lipinski definition) is 2. The number of rotatable bonds is 5. The standard InChI is InChI=1S/C30H50O2/c1-21(2)30(15-6-5-7-16-30)32-19-14-22-9-11-26-25-10-8-23-20-24(31)12-17-29(23,4)27(25)13-18-28(22,26)3/h8,21-22,24-27,31H,5-7,9-20H2,1-4H3. The zero-order valence-corrected chi connectivity index (χ0v) is 21.5. The van der Waals surface area contributed by atoms with Crippen LogP contribution in [0, 0.1) is 40.4 Å². The Hall–Kier alpha value is -0.340. The summed E-state index contributed by atoms with van der Waals surface area (Å²) in [6.45, 7) is 11.0. The maximum atomic E-state index is 10.3. The maximum absolute atomic E-state index is 10.3. The molecule has 0 aromatic heterocycles. The molecule has 0 aliphatic heterocycles. The first-order chi connectivity index (χ1) is 15.3. The largest absolute Gasteiger partial charge is 0.393 e. The number of ether oxygens (including phenoxy) is 1. The molecule has 0 aromatic carbocycles. The van der Waals surface area contributed by atoms with Crippen LogP contribution in [0.15, 0.2) is 11.6 Å². The molecule has 1 N–H and O–H groups in total. The van der Waals surface area contributed by atoms with Crippen LogP contribution in [0.4, 0.5) is 0 Å². The molecule has 182 valence electrons. The molecule has 5 aliphatic carbocycles. The first-order valence-corrected chi connectivity index (χ1v) is 14.3. The van der Waals surface area contributed by atoms with E-state index in [4.69, 9.17) is 4.74 Å². The van der Waals surface area contributed by atoms with Gasteiger partial charge in [-0.2, -0.15) is 0 Å². The Kier molecular flexibility index (Phi) is 6.37. The molecule has 0 radical (unpaired) electrons. The van der Waals surface area contributed by atoms with Crippen molar-refractivity contribution in [2.75, 3.05) is 6.61 Å². The van der Waals surface area contributed by atoms with E-state index in [1.54, 1.807) is 5.57 Å². The highest BCUT2D eigenvalue weighted by molar-refractivity contribution is 5.25. The quantitative estimate of drug-likeness (QED) is 0.442. The monoisotopic (exact) mass is 442 g/mol. The van der Waals surface area contributed by atoms with Crippen molar-refractivity contribution in [1.82, 2.24) is 0 Å². The van der Waals surface area contributed by atoms with Crippen LogP contribution in [0.1, 0.15) is 118 Å². The average Bonchev–Trinajstić information content (AvgIpc) is 3.11. The van der Waals surface area contributed by atoms with Gasteiger partial charge in [0, 0.05) is 6.61 Å². The Morgan fingerprint density at radius 2 is 1.75 bits per heavy atom. The highest BCUT2D eigenvalue weighted by Crippen LogP contribution is 2.66. The summed E-state index contributed by atoms with van der Waals surface area (Å²) in [4.78, 5) is 0. The van der Waals surface area contributed by atoms with Gasteiger partial charge in [0.15, 0.2) is 0 Å². The molecule has 7 unspecified atom stereocenters. The summed E-state index contributed by atoms with van der Waals surface area (Å²) >= 11 is 0. The Balaban J connectivity index is 1.25. The van der Waals surface area contributed by atoms with Crippen LogP contribution in [-0.4, -0.2) is 23.4 Å². The minimum Gasteiger partial charge on any atom is -0.393 e. The van der Waals surface area contributed by atoms with Gasteiger partial charge in [-0.1, -0.05) is 58.6 Å². The smallest absolute Gasteiger partial charge is 0.0705 e. The molecule has 2 nitrogen and oxygen atoms in total. The fraction of sp³-hybridized carbons (Fsp3) is 0.933. The predicted molar refractivity (Wildman–Crippen MR) is 132 cm³/mol. The first kappa shape index (κ1) is 23.4. The van der Waals surface area contributed by atoms with Crippen molar-refractivity contribution < 1.29 is 9.84 Å². The number of hydrogen-bond donors (Lipinski definition) is 1. The summed E-state index contributed by atoms with van der Waals surface area (Å²) in [7, 11) is 0. The third kappa shape index (κ3) is 3.74. The second kappa shape index (κ2) is 8.71. The predicted octanol–water partition coefficient (Wildman–Crippen LogP) is 7.69. The molecule has 4 fully saturated rings. The van der Waals surface area contributed by atoms with Gasteiger partial charge in [-0.3, -0.25) is 0 Å². The number of aliphatic hydroxyl groups is 1. The highest BCUT2D eigenvalue weighted by Gasteiger charge is 2.58. The van der Waals surface area contributed by atoms with Crippen LogP contribution < -0.4 is 0 Å². The van der Waals surface area contributed by atoms with Crippen LogP contribution >= 0.6 is 0 Å². The number of allylic oxidation sites excluding steroid dienone is 1. The van der Waals surface area contributed by atoms with Gasteiger partial charge in [-0.15, -0.1) is 0 Å². The lowest BCUT2D eigenvalue weighted by Gasteiger charge is -2.58. The van der Waals surface area contributed by atoms with Crippen LogP contribution in [0.5, 0.6) is 0 Å². The van der Waals surface area contributed by atoms with E-state index in [0.717, 1.165) is 43.1 Å². The molecule has 4 saturated carbocycles. The second-order valence-electron chi connectivity index (χ2n) is 13.4. The van der Waals surface area contributed by atoms with Gasteiger partial charge >= 0.3 is 0 Å². The van der Waals surface area contributed by atoms with Crippen molar-refractivity contribution in [3.05, 3.63) is 11.6 Å². The van der Waals surface area contributed by atoms with E-state index in [1.807, 2.05) is 0 Å². The van der Waals surface area contributed by atoms with Crippen LogP contribution in [0.25, 0.3) is 0 Å². The van der Waals surface area contributed by atoms with Gasteiger partial charge in [-0.05, 0) is 111 Å². The van der Waals surface area contributed by atoms with Crippen LogP contribution in [-0.2, 0) is 4.74 Å². The molecule has 0 spiro atoms. The Morgan fingerprint density at radius 1 is 0.969 bits per heavy atom. The van der Waals surface area contributed by atoms with Crippen LogP contribution in [0.2, 0.25) is 0 Å². The molecule has 32 heavy (non-hydrogen) atoms. The van der Waals surface area contributed by atoms with E-state index in [1.165, 1.54) is 77.0 Å². The summed E-state index contributed by atoms with van der Waals surface area (Å²) < 4.78 is 6.79. The topological polar surface area (TPSA) is 29.5 Å². The fourth-order valence-corrected chi connectivity index (χ4v) is 9.67. The lowest BCUT2D eigenvalue weighted by molar-refractivity contribution is -0.111. The van der Waals surface area contributed by atoms with Gasteiger partial charge in [0.2, 0.25) is 0 Å². The number of fused-ring (bicyclic) bond motifs is 5. The molecule has 0 amide bonds. The summed E-state index contributed by atoms with van der Waals surface area (Å²) in [6, 6.07) is 0. The molecule has 7 atom stereocenters. The maximum Gasteiger partial charge on any atom is 0.0705 e. The lowest BCUT2D eigenvalue weighted by atomic mass is 9.47. The molecular weight excluding hydrogens is 392 g/mol. The molecular formula is C30H50O2. The van der Waals surface area contributed by atoms with E-state index < -0.39 is 0 Å². The van der Waals surface area contributed by atoms with E-state index in [2.05, 4.69) is 33.8 Å². The van der Waals surface area contributed by atoms with Crippen LogP contribution in [0.3, 0.4) is 0 Å². The van der Waals surface area contributed by atoms with Crippen molar-refractivity contribution >= 4 is 0 Å². The SMILES string of the molecule is CC(C)C1(OCCC2CCC3C4CC=C5CC(O)CCC5(C)C4CCC23C)CCCCC1.